The van der Waals surface area contributed by atoms with Crippen LogP contribution in [0.1, 0.15) is 45.1 Å². The van der Waals surface area contributed by atoms with Crippen molar-refractivity contribution >= 4 is 11.6 Å². The Morgan fingerprint density at radius 1 is 1.33 bits per heavy atom. The number of hydrogen-bond donors (Lipinski definition) is 1. The fourth-order valence-corrected chi connectivity index (χ4v) is 2.45. The third-order valence-electron chi connectivity index (χ3n) is 3.72. The Morgan fingerprint density at radius 3 is 2.67 bits per heavy atom. The maximum atomic E-state index is 4.52. The monoisotopic (exact) mass is 248 g/mol. The van der Waals surface area contributed by atoms with Crippen LogP contribution in [0.4, 0.5) is 11.6 Å². The van der Waals surface area contributed by atoms with Crippen molar-refractivity contribution in [3.8, 4) is 0 Å². The Labute approximate surface area is 110 Å². The van der Waals surface area contributed by atoms with Crippen LogP contribution < -0.4 is 10.2 Å². The van der Waals surface area contributed by atoms with E-state index in [4.69, 9.17) is 0 Å². The molecule has 0 radical (unpaired) electrons. The normalized spacial score (nSPS) is 15.3. The summed E-state index contributed by atoms with van der Waals surface area (Å²) in [5.74, 6) is 2.13. The summed E-state index contributed by atoms with van der Waals surface area (Å²) in [7, 11) is 2.17. The summed E-state index contributed by atoms with van der Waals surface area (Å²) in [4.78, 5) is 11.2. The molecule has 1 aliphatic carbocycles. The Morgan fingerprint density at radius 2 is 2.11 bits per heavy atom. The molecule has 0 spiro atoms. The Bertz CT molecular complexity index is 387. The summed E-state index contributed by atoms with van der Waals surface area (Å²) >= 11 is 0. The summed E-state index contributed by atoms with van der Waals surface area (Å²) in [6, 6.07) is 0.671. The van der Waals surface area contributed by atoms with Gasteiger partial charge in [0.15, 0.2) is 0 Å². The molecular weight excluding hydrogens is 224 g/mol. The minimum absolute atomic E-state index is 0.671. The third-order valence-corrected chi connectivity index (χ3v) is 3.72. The summed E-state index contributed by atoms with van der Waals surface area (Å²) in [5.41, 5.74) is 1.27. The van der Waals surface area contributed by atoms with E-state index < -0.39 is 0 Å². The fourth-order valence-electron chi connectivity index (χ4n) is 2.45. The highest BCUT2D eigenvalue weighted by molar-refractivity contribution is 5.59. The second kappa shape index (κ2) is 6.03. The molecule has 0 aromatic carbocycles. The maximum Gasteiger partial charge on any atom is 0.137 e. The highest BCUT2D eigenvalue weighted by Gasteiger charge is 2.25. The zero-order chi connectivity index (χ0) is 13.0. The van der Waals surface area contributed by atoms with Gasteiger partial charge >= 0.3 is 0 Å². The Balaban J connectivity index is 2.28. The Kier molecular flexibility index (Phi) is 4.39. The summed E-state index contributed by atoms with van der Waals surface area (Å²) in [6.45, 7) is 5.21. The van der Waals surface area contributed by atoms with Gasteiger partial charge in [-0.25, -0.2) is 9.97 Å². The van der Waals surface area contributed by atoms with Gasteiger partial charge in [-0.2, -0.15) is 0 Å². The molecule has 18 heavy (non-hydrogen) atoms. The van der Waals surface area contributed by atoms with E-state index in [9.17, 15) is 0 Å². The molecule has 1 fully saturated rings. The molecule has 0 saturated heterocycles. The lowest BCUT2D eigenvalue weighted by molar-refractivity contribution is 0.398. The van der Waals surface area contributed by atoms with Crippen molar-refractivity contribution < 1.29 is 0 Å². The van der Waals surface area contributed by atoms with Crippen molar-refractivity contribution in [3.05, 3.63) is 11.9 Å². The van der Waals surface area contributed by atoms with Gasteiger partial charge < -0.3 is 10.2 Å². The zero-order valence-electron chi connectivity index (χ0n) is 11.7. The number of aromatic nitrogens is 2. The fraction of sp³-hybridized carbons (Fsp3) is 0.714. The van der Waals surface area contributed by atoms with E-state index in [0.717, 1.165) is 31.0 Å². The molecule has 100 valence electrons. The van der Waals surface area contributed by atoms with Crippen LogP contribution in [0.5, 0.6) is 0 Å². The van der Waals surface area contributed by atoms with Crippen LogP contribution >= 0.6 is 0 Å². The summed E-state index contributed by atoms with van der Waals surface area (Å²) in [6.07, 6.45) is 7.78. The topological polar surface area (TPSA) is 41.1 Å². The van der Waals surface area contributed by atoms with E-state index >= 15 is 0 Å². The van der Waals surface area contributed by atoms with E-state index in [1.165, 1.54) is 24.8 Å². The first-order valence-corrected chi connectivity index (χ1v) is 7.08. The molecule has 1 saturated carbocycles. The lowest BCUT2D eigenvalue weighted by Crippen LogP contribution is -2.38. The van der Waals surface area contributed by atoms with E-state index in [1.807, 2.05) is 0 Å². The molecule has 1 aliphatic rings. The predicted molar refractivity (Wildman–Crippen MR) is 76.2 cm³/mol. The minimum atomic E-state index is 0.671. The quantitative estimate of drug-likeness (QED) is 0.840. The molecule has 4 heteroatoms. The largest absolute Gasteiger partial charge is 0.370 e. The molecule has 1 aromatic rings. The van der Waals surface area contributed by atoms with Gasteiger partial charge in [-0.05, 0) is 32.6 Å². The first-order valence-electron chi connectivity index (χ1n) is 7.08. The van der Waals surface area contributed by atoms with Crippen molar-refractivity contribution in [2.45, 2.75) is 52.0 Å². The lowest BCUT2D eigenvalue weighted by atomic mass is 9.91. The third kappa shape index (κ3) is 2.57. The van der Waals surface area contributed by atoms with Crippen LogP contribution in [0.15, 0.2) is 6.33 Å². The average Bonchev–Trinajstić information content (AvgIpc) is 2.29. The molecule has 1 heterocycles. The second-order valence-corrected chi connectivity index (χ2v) is 5.00. The van der Waals surface area contributed by atoms with Crippen molar-refractivity contribution in [3.63, 3.8) is 0 Å². The second-order valence-electron chi connectivity index (χ2n) is 5.00. The van der Waals surface area contributed by atoms with Gasteiger partial charge in [0, 0.05) is 25.2 Å². The van der Waals surface area contributed by atoms with E-state index in [2.05, 4.69) is 41.1 Å². The van der Waals surface area contributed by atoms with Gasteiger partial charge in [-0.1, -0.05) is 13.3 Å². The van der Waals surface area contributed by atoms with Gasteiger partial charge in [-0.3, -0.25) is 0 Å². The first kappa shape index (κ1) is 13.1. The van der Waals surface area contributed by atoms with Crippen molar-refractivity contribution in [2.24, 2.45) is 0 Å². The zero-order valence-corrected chi connectivity index (χ0v) is 11.7. The van der Waals surface area contributed by atoms with Crippen molar-refractivity contribution in [1.82, 2.24) is 9.97 Å². The number of nitrogens with zero attached hydrogens (tertiary/aromatic N) is 3. The molecule has 0 atom stereocenters. The van der Waals surface area contributed by atoms with Crippen LogP contribution in [-0.4, -0.2) is 29.6 Å². The molecule has 0 amide bonds. The van der Waals surface area contributed by atoms with Crippen LogP contribution in [-0.2, 0) is 6.42 Å². The molecular formula is C14H24N4. The van der Waals surface area contributed by atoms with Gasteiger partial charge in [0.05, 0.1) is 0 Å². The highest BCUT2D eigenvalue weighted by atomic mass is 15.2. The predicted octanol–water partition coefficient (Wildman–Crippen LogP) is 2.85. The summed E-state index contributed by atoms with van der Waals surface area (Å²) in [5, 5.41) is 3.35. The van der Waals surface area contributed by atoms with Crippen LogP contribution in [0.25, 0.3) is 0 Å². The van der Waals surface area contributed by atoms with Gasteiger partial charge in [0.2, 0.25) is 0 Å². The standard InChI is InChI=1S/C14H24N4/c1-4-7-12-13(15-5-2)16-10-17-14(12)18(3)11-8-6-9-11/h10-11H,4-9H2,1-3H3,(H,15,16,17). The smallest absolute Gasteiger partial charge is 0.137 e. The molecule has 2 rings (SSSR count). The van der Waals surface area contributed by atoms with Crippen molar-refractivity contribution in [1.29, 1.82) is 0 Å². The Hall–Kier alpha value is -1.32. The van der Waals surface area contributed by atoms with E-state index in [-0.39, 0.29) is 0 Å². The number of nitrogens with one attached hydrogen (secondary N) is 1. The molecule has 4 nitrogen and oxygen atoms in total. The molecule has 0 bridgehead atoms. The maximum absolute atomic E-state index is 4.52. The molecule has 1 N–H and O–H groups in total. The SMILES string of the molecule is CCCc1c(NCC)ncnc1N(C)C1CCC1. The first-order chi connectivity index (χ1) is 8.77. The minimum Gasteiger partial charge on any atom is -0.370 e. The van der Waals surface area contributed by atoms with Crippen LogP contribution in [0.2, 0.25) is 0 Å². The van der Waals surface area contributed by atoms with Gasteiger partial charge in [0.25, 0.3) is 0 Å². The highest BCUT2D eigenvalue weighted by Crippen LogP contribution is 2.31. The van der Waals surface area contributed by atoms with Crippen molar-refractivity contribution in [2.75, 3.05) is 23.8 Å². The lowest BCUT2D eigenvalue weighted by Gasteiger charge is -2.36. The van der Waals surface area contributed by atoms with Gasteiger partial charge in [0.1, 0.15) is 18.0 Å². The van der Waals surface area contributed by atoms with E-state index in [1.54, 1.807) is 6.33 Å². The molecule has 0 unspecified atom stereocenters. The van der Waals surface area contributed by atoms with E-state index in [0.29, 0.717) is 6.04 Å². The average molecular weight is 248 g/mol. The van der Waals surface area contributed by atoms with Gasteiger partial charge in [-0.15, -0.1) is 0 Å². The van der Waals surface area contributed by atoms with Crippen LogP contribution in [0, 0.1) is 0 Å². The van der Waals surface area contributed by atoms with Crippen LogP contribution in [0.3, 0.4) is 0 Å². The molecule has 0 aliphatic heterocycles. The molecule has 1 aromatic heterocycles. The number of anilines is 2. The summed E-state index contributed by atoms with van der Waals surface area (Å²) < 4.78 is 0. The number of rotatable bonds is 6. The number of hydrogen-bond acceptors (Lipinski definition) is 4.